The molecule has 0 saturated carbocycles. The summed E-state index contributed by atoms with van der Waals surface area (Å²) in [5.74, 6) is 0.169. The van der Waals surface area contributed by atoms with Gasteiger partial charge < -0.3 is 14.5 Å². The number of aromatic hydroxyl groups is 1. The number of H-pyrrole nitrogens is 1. The molecule has 12 nitrogen and oxygen atoms in total. The number of phenols is 1. The van der Waals surface area contributed by atoms with Gasteiger partial charge in [0.15, 0.2) is 12.0 Å². The average molecular weight is 913 g/mol. The molecule has 0 aliphatic rings. The van der Waals surface area contributed by atoms with Crippen LogP contribution in [0.2, 0.25) is 0 Å². The number of phenolic OH excluding ortho intramolecular Hbond substituents is 1. The molecule has 6 aromatic heterocycles. The molecule has 0 atom stereocenters. The Morgan fingerprint density at radius 1 is 0.433 bits per heavy atom. The minimum Gasteiger partial charge on any atom is -0.506 e. The molecular weight excluding hydrogens is 873 g/mol. The van der Waals surface area contributed by atoms with E-state index in [4.69, 9.17) is 4.42 Å². The molecule has 0 amide bonds. The molecule has 14 rings (SSSR count). The minimum absolute atomic E-state index is 0.169. The van der Waals surface area contributed by atoms with E-state index < -0.39 is 0 Å². The monoisotopic (exact) mass is 912 g/mol. The third-order valence-electron chi connectivity index (χ3n) is 9.82. The summed E-state index contributed by atoms with van der Waals surface area (Å²) in [6, 6.07) is 66.6. The van der Waals surface area contributed by atoms with Gasteiger partial charge in [-0.2, -0.15) is 4.80 Å². The molecule has 8 aromatic carbocycles. The number of imidazole rings is 1. The number of oxazole rings is 1. The summed E-state index contributed by atoms with van der Waals surface area (Å²) in [4.78, 5) is 18.3. The second-order valence-corrected chi connectivity index (χ2v) is 16.1. The molecular formula is C53H40N10O2S2. The van der Waals surface area contributed by atoms with E-state index in [2.05, 4.69) is 82.1 Å². The third-order valence-corrected chi connectivity index (χ3v) is 11.5. The van der Waals surface area contributed by atoms with Crippen molar-refractivity contribution >= 4 is 87.2 Å². The van der Waals surface area contributed by atoms with Crippen LogP contribution in [0.4, 0.5) is 0 Å². The SMILES string of the molecule is Oc1ccccc1-n1nc2ccccc2n1.c1ccc(-n2nc3ccccc3n2)cc1.c1ccc2[nH]cnc2c1.c1ccc2ocnc2c1.c1ccc2sccc2c1.c1ccc2scnc2c1. The fourth-order valence-electron chi connectivity index (χ4n) is 6.53. The maximum atomic E-state index is 9.69. The van der Waals surface area contributed by atoms with Crippen LogP contribution in [0.25, 0.3) is 75.9 Å². The van der Waals surface area contributed by atoms with Crippen molar-refractivity contribution in [3.05, 3.63) is 230 Å². The van der Waals surface area contributed by atoms with Crippen molar-refractivity contribution in [3.8, 4) is 17.1 Å². The number of hydrogen-bond acceptors (Lipinski definition) is 11. The maximum Gasteiger partial charge on any atom is 0.181 e. The molecule has 0 saturated heterocycles. The van der Waals surface area contributed by atoms with Crippen LogP contribution in [-0.2, 0) is 0 Å². The van der Waals surface area contributed by atoms with E-state index in [9.17, 15) is 5.11 Å². The van der Waals surface area contributed by atoms with E-state index in [1.165, 1.54) is 26.0 Å². The Morgan fingerprint density at radius 3 is 1.64 bits per heavy atom. The smallest absolute Gasteiger partial charge is 0.181 e. The van der Waals surface area contributed by atoms with Crippen LogP contribution in [0, 0.1) is 0 Å². The predicted molar refractivity (Wildman–Crippen MR) is 271 cm³/mol. The van der Waals surface area contributed by atoms with Gasteiger partial charge in [-0.15, -0.1) is 47.9 Å². The highest BCUT2D eigenvalue weighted by molar-refractivity contribution is 7.17. The van der Waals surface area contributed by atoms with E-state index in [-0.39, 0.29) is 5.75 Å². The van der Waals surface area contributed by atoms with Gasteiger partial charge >= 0.3 is 0 Å². The first kappa shape index (κ1) is 43.4. The van der Waals surface area contributed by atoms with Crippen molar-refractivity contribution in [2.24, 2.45) is 0 Å². The highest BCUT2D eigenvalue weighted by Gasteiger charge is 2.07. The third kappa shape index (κ3) is 11.3. The van der Waals surface area contributed by atoms with Crippen molar-refractivity contribution in [1.82, 2.24) is 49.9 Å². The van der Waals surface area contributed by atoms with Gasteiger partial charge in [-0.05, 0) is 108 Å². The first-order chi connectivity index (χ1) is 33.1. The summed E-state index contributed by atoms with van der Waals surface area (Å²) >= 11 is 3.46. The Kier molecular flexibility index (Phi) is 14.0. The molecule has 0 radical (unpaired) electrons. The van der Waals surface area contributed by atoms with Crippen LogP contribution in [-0.4, -0.2) is 55.0 Å². The summed E-state index contributed by atoms with van der Waals surface area (Å²) < 4.78 is 7.64. The number of thiazole rings is 1. The van der Waals surface area contributed by atoms with Crippen LogP contribution < -0.4 is 0 Å². The number of para-hydroxylation sites is 8. The second kappa shape index (κ2) is 21.7. The van der Waals surface area contributed by atoms with Gasteiger partial charge in [0.05, 0.1) is 38.8 Å². The molecule has 67 heavy (non-hydrogen) atoms. The molecule has 0 fully saturated rings. The number of nitrogens with one attached hydrogen (secondary N) is 1. The Labute approximate surface area is 391 Å². The van der Waals surface area contributed by atoms with Crippen LogP contribution in [0.5, 0.6) is 5.75 Å². The molecule has 0 unspecified atom stereocenters. The van der Waals surface area contributed by atoms with Crippen molar-refractivity contribution in [3.63, 3.8) is 0 Å². The van der Waals surface area contributed by atoms with Crippen LogP contribution in [0.15, 0.2) is 234 Å². The molecule has 326 valence electrons. The van der Waals surface area contributed by atoms with Gasteiger partial charge in [-0.1, -0.05) is 109 Å². The number of aromatic nitrogens is 10. The Balaban J connectivity index is 0.000000103. The van der Waals surface area contributed by atoms with Gasteiger partial charge in [0.25, 0.3) is 0 Å². The zero-order chi connectivity index (χ0) is 45.5. The first-order valence-electron chi connectivity index (χ1n) is 21.0. The van der Waals surface area contributed by atoms with E-state index in [1.807, 2.05) is 157 Å². The molecule has 14 aromatic rings. The lowest BCUT2D eigenvalue weighted by molar-refractivity contribution is 0.468. The fourth-order valence-corrected chi connectivity index (χ4v) is 8.00. The number of rotatable bonds is 2. The van der Waals surface area contributed by atoms with Crippen molar-refractivity contribution in [1.29, 1.82) is 0 Å². The number of aromatic amines is 1. The zero-order valence-electron chi connectivity index (χ0n) is 35.6. The molecule has 0 aliphatic carbocycles. The lowest BCUT2D eigenvalue weighted by Gasteiger charge is -2.00. The molecule has 2 N–H and O–H groups in total. The molecule has 0 spiro atoms. The minimum atomic E-state index is 0.169. The van der Waals surface area contributed by atoms with E-state index in [0.29, 0.717) is 5.69 Å². The normalized spacial score (nSPS) is 10.4. The zero-order valence-corrected chi connectivity index (χ0v) is 37.3. The molecule has 0 bridgehead atoms. The summed E-state index contributed by atoms with van der Waals surface area (Å²) in [5, 5.41) is 30.5. The van der Waals surface area contributed by atoms with Gasteiger partial charge in [-0.25, -0.2) is 15.0 Å². The number of hydrogen-bond donors (Lipinski definition) is 2. The largest absolute Gasteiger partial charge is 0.506 e. The Bertz CT molecular complexity index is 3270. The first-order valence-corrected chi connectivity index (χ1v) is 22.8. The summed E-state index contributed by atoms with van der Waals surface area (Å²) in [6.07, 6.45) is 3.15. The fraction of sp³-hybridized carbons (Fsp3) is 0. The van der Waals surface area contributed by atoms with E-state index >= 15 is 0 Å². The molecule has 14 heteroatoms. The quantitative estimate of drug-likeness (QED) is 0.173. The molecule has 0 aliphatic heterocycles. The van der Waals surface area contributed by atoms with Crippen molar-refractivity contribution in [2.75, 3.05) is 0 Å². The number of benzene rings is 8. The molecule has 6 heterocycles. The van der Waals surface area contributed by atoms with Crippen molar-refractivity contribution in [2.45, 2.75) is 0 Å². The van der Waals surface area contributed by atoms with Crippen LogP contribution in [0.1, 0.15) is 0 Å². The lowest BCUT2D eigenvalue weighted by Crippen LogP contribution is -1.98. The lowest BCUT2D eigenvalue weighted by atomic mass is 10.3. The van der Waals surface area contributed by atoms with E-state index in [1.54, 1.807) is 52.0 Å². The van der Waals surface area contributed by atoms with Crippen molar-refractivity contribution < 1.29 is 9.52 Å². The Morgan fingerprint density at radius 2 is 0.985 bits per heavy atom. The highest BCUT2D eigenvalue weighted by Crippen LogP contribution is 2.21. The van der Waals surface area contributed by atoms with Crippen LogP contribution in [0.3, 0.4) is 0 Å². The maximum absolute atomic E-state index is 9.69. The Hall–Kier alpha value is -8.85. The van der Waals surface area contributed by atoms with Gasteiger partial charge in [0.2, 0.25) is 0 Å². The predicted octanol–water partition coefficient (Wildman–Crippen LogP) is 13.1. The summed E-state index contributed by atoms with van der Waals surface area (Å²) in [7, 11) is 0. The standard InChI is InChI=1S/C12H9N3O.C12H9N3.C8H6S.C7H6N2.C7H5NO.C7H5NS/c16-12-8-4-3-7-11(12)15-13-9-5-1-2-6-10(9)14-15;1-2-6-10(7-3-1)15-13-11-8-4-5-9-12(11)14-15;1-2-4-8-7(3-1)5-6-9-8;3*1-2-4-7-6(3-1)8-5-9-7/h1-8,16H;1-9H;1-6H;1-5H,(H,8,9);2*1-5H. The van der Waals surface area contributed by atoms with E-state index in [0.717, 1.165) is 55.4 Å². The topological polar surface area (TPSA) is 149 Å². The van der Waals surface area contributed by atoms with Gasteiger partial charge in [-0.3, -0.25) is 0 Å². The van der Waals surface area contributed by atoms with Gasteiger partial charge in [0.1, 0.15) is 39.0 Å². The average Bonchev–Trinajstić information content (AvgIpc) is 4.26. The summed E-state index contributed by atoms with van der Waals surface area (Å²) in [6.45, 7) is 0. The number of nitrogens with zero attached hydrogens (tertiary/aromatic N) is 9. The van der Waals surface area contributed by atoms with Gasteiger partial charge in [0, 0.05) is 4.70 Å². The second-order valence-electron chi connectivity index (χ2n) is 14.3. The summed E-state index contributed by atoms with van der Waals surface area (Å²) in [5.41, 5.74) is 11.9. The number of thiophene rings is 1. The van der Waals surface area contributed by atoms with Crippen LogP contribution >= 0.6 is 22.7 Å². The number of fused-ring (bicyclic) bond motifs is 6. The highest BCUT2D eigenvalue weighted by atomic mass is 32.1.